The molecule has 6 nitrogen and oxygen atoms in total. The van der Waals surface area contributed by atoms with Gasteiger partial charge < -0.3 is 9.88 Å². The molecule has 7 heteroatoms. The van der Waals surface area contributed by atoms with Gasteiger partial charge >= 0.3 is 0 Å². The highest BCUT2D eigenvalue weighted by atomic mass is 79.9. The predicted octanol–water partition coefficient (Wildman–Crippen LogP) is 2.62. The number of pyridine rings is 1. The normalized spacial score (nSPS) is 10.6. The third-order valence-corrected chi connectivity index (χ3v) is 3.41. The summed E-state index contributed by atoms with van der Waals surface area (Å²) in [5, 5.41) is 2.82. The van der Waals surface area contributed by atoms with Crippen LogP contribution in [0, 0.1) is 0 Å². The highest BCUT2D eigenvalue weighted by Crippen LogP contribution is 2.16. The Morgan fingerprint density at radius 3 is 2.81 bits per heavy atom. The number of rotatable bonds is 3. The number of aryl methyl sites for hydroxylation is 1. The second-order valence-electron chi connectivity index (χ2n) is 4.48. The smallest absolute Gasteiger partial charge is 0.272 e. The van der Waals surface area contributed by atoms with Gasteiger partial charge in [0.2, 0.25) is 0 Å². The number of hydrogen-bond donors (Lipinski definition) is 1. The Bertz CT molecular complexity index is 761. The number of aromatic nitrogens is 4. The Labute approximate surface area is 129 Å². The number of nitrogens with one attached hydrogen (secondary N) is 1. The van der Waals surface area contributed by atoms with Crippen molar-refractivity contribution in [3.63, 3.8) is 0 Å². The van der Waals surface area contributed by atoms with E-state index in [1.807, 2.05) is 25.5 Å². The summed E-state index contributed by atoms with van der Waals surface area (Å²) >= 11 is 3.35. The van der Waals surface area contributed by atoms with Crippen LogP contribution >= 0.6 is 15.9 Å². The number of amides is 1. The summed E-state index contributed by atoms with van der Waals surface area (Å²) in [7, 11) is 1.82. The van der Waals surface area contributed by atoms with Gasteiger partial charge in [-0.15, -0.1) is 0 Å². The molecule has 0 radical (unpaired) electrons. The molecule has 106 valence electrons. The number of halogens is 1. The summed E-state index contributed by atoms with van der Waals surface area (Å²) in [6.45, 7) is 0. The average molecular weight is 346 g/mol. The lowest BCUT2D eigenvalue weighted by Gasteiger charge is -2.07. The third-order valence-electron chi connectivity index (χ3n) is 2.98. The van der Waals surface area contributed by atoms with Gasteiger partial charge in [0.1, 0.15) is 17.8 Å². The first-order valence-corrected chi connectivity index (χ1v) is 7.00. The molecular weight excluding hydrogens is 334 g/mol. The maximum atomic E-state index is 12.2. The molecule has 3 aromatic heterocycles. The molecule has 3 heterocycles. The molecule has 1 amide bonds. The fourth-order valence-electron chi connectivity index (χ4n) is 1.95. The highest BCUT2D eigenvalue weighted by Gasteiger charge is 2.11. The summed E-state index contributed by atoms with van der Waals surface area (Å²) in [6, 6.07) is 5.39. The number of carbonyl (C=O) groups excluding carboxylic acids is 1. The standard InChI is InChI=1S/C14H12BrN5O/c1-19-8-10(15)6-12(19)14(21)18-11-2-3-13(17-7-11)20-5-4-16-9-20/h2-9H,1H3,(H,18,21). The van der Waals surface area contributed by atoms with Gasteiger partial charge in [-0.05, 0) is 34.1 Å². The van der Waals surface area contributed by atoms with Crippen molar-refractivity contribution < 1.29 is 4.79 Å². The van der Waals surface area contributed by atoms with Gasteiger partial charge in [0.25, 0.3) is 5.91 Å². The maximum Gasteiger partial charge on any atom is 0.272 e. The molecule has 1 N–H and O–H groups in total. The van der Waals surface area contributed by atoms with Crippen LogP contribution in [0.3, 0.4) is 0 Å². The maximum absolute atomic E-state index is 12.2. The minimum atomic E-state index is -0.180. The van der Waals surface area contributed by atoms with Crippen molar-refractivity contribution >= 4 is 27.5 Å². The van der Waals surface area contributed by atoms with Gasteiger partial charge in [0.15, 0.2) is 0 Å². The van der Waals surface area contributed by atoms with E-state index >= 15 is 0 Å². The Morgan fingerprint density at radius 2 is 2.24 bits per heavy atom. The van der Waals surface area contributed by atoms with Crippen molar-refractivity contribution in [3.05, 3.63) is 59.5 Å². The Balaban J connectivity index is 1.76. The first kappa shape index (κ1) is 13.6. The summed E-state index contributed by atoms with van der Waals surface area (Å²) in [4.78, 5) is 20.4. The van der Waals surface area contributed by atoms with E-state index < -0.39 is 0 Å². The van der Waals surface area contributed by atoms with Crippen LogP contribution in [0.25, 0.3) is 5.82 Å². The molecule has 0 bridgehead atoms. The molecule has 0 saturated heterocycles. The Hall–Kier alpha value is -2.41. The number of carbonyl (C=O) groups is 1. The van der Waals surface area contributed by atoms with Crippen LogP contribution in [-0.2, 0) is 7.05 Å². The molecule has 0 spiro atoms. The minimum Gasteiger partial charge on any atom is -0.345 e. The predicted molar refractivity (Wildman–Crippen MR) is 82.4 cm³/mol. The van der Waals surface area contributed by atoms with Gasteiger partial charge in [-0.2, -0.15) is 0 Å². The summed E-state index contributed by atoms with van der Waals surface area (Å²) in [5.74, 6) is 0.562. The lowest BCUT2D eigenvalue weighted by Crippen LogP contribution is -2.15. The number of imidazole rings is 1. The molecule has 21 heavy (non-hydrogen) atoms. The first-order chi connectivity index (χ1) is 10.1. The highest BCUT2D eigenvalue weighted by molar-refractivity contribution is 9.10. The molecule has 0 aromatic carbocycles. The lowest BCUT2D eigenvalue weighted by atomic mass is 10.3. The Kier molecular flexibility index (Phi) is 3.57. The van der Waals surface area contributed by atoms with Gasteiger partial charge in [-0.3, -0.25) is 9.36 Å². The van der Waals surface area contributed by atoms with Gasteiger partial charge in [0, 0.05) is 30.1 Å². The van der Waals surface area contributed by atoms with E-state index in [1.165, 1.54) is 0 Å². The molecule has 3 aromatic rings. The molecular formula is C14H12BrN5O. The van der Waals surface area contributed by atoms with E-state index in [4.69, 9.17) is 0 Å². The van der Waals surface area contributed by atoms with Gasteiger partial charge in [-0.25, -0.2) is 9.97 Å². The van der Waals surface area contributed by atoms with Crippen molar-refractivity contribution in [1.82, 2.24) is 19.1 Å². The number of anilines is 1. The fourth-order valence-corrected chi connectivity index (χ4v) is 2.48. The van der Waals surface area contributed by atoms with Crippen LogP contribution in [0.15, 0.2) is 53.8 Å². The van der Waals surface area contributed by atoms with Crippen molar-refractivity contribution in [2.75, 3.05) is 5.32 Å². The zero-order chi connectivity index (χ0) is 14.8. The Morgan fingerprint density at radius 1 is 1.38 bits per heavy atom. The zero-order valence-electron chi connectivity index (χ0n) is 11.2. The molecule has 0 fully saturated rings. The van der Waals surface area contributed by atoms with E-state index in [9.17, 15) is 4.79 Å². The van der Waals surface area contributed by atoms with Crippen LogP contribution in [0.2, 0.25) is 0 Å². The monoisotopic (exact) mass is 345 g/mol. The first-order valence-electron chi connectivity index (χ1n) is 6.21. The molecule has 0 aliphatic rings. The second-order valence-corrected chi connectivity index (χ2v) is 5.40. The third kappa shape index (κ3) is 2.87. The zero-order valence-corrected chi connectivity index (χ0v) is 12.8. The van der Waals surface area contributed by atoms with Crippen LogP contribution in [0.5, 0.6) is 0 Å². The van der Waals surface area contributed by atoms with E-state index in [2.05, 4.69) is 31.2 Å². The van der Waals surface area contributed by atoms with Crippen molar-refractivity contribution in [1.29, 1.82) is 0 Å². The largest absolute Gasteiger partial charge is 0.345 e. The molecule has 3 rings (SSSR count). The number of hydrogen-bond acceptors (Lipinski definition) is 3. The van der Waals surface area contributed by atoms with Crippen LogP contribution < -0.4 is 5.32 Å². The van der Waals surface area contributed by atoms with E-state index in [0.29, 0.717) is 11.4 Å². The van der Waals surface area contributed by atoms with E-state index in [1.54, 1.807) is 40.0 Å². The lowest BCUT2D eigenvalue weighted by molar-refractivity contribution is 0.101. The quantitative estimate of drug-likeness (QED) is 0.793. The van der Waals surface area contributed by atoms with Gasteiger partial charge in [-0.1, -0.05) is 0 Å². The van der Waals surface area contributed by atoms with E-state index in [0.717, 1.165) is 10.3 Å². The molecule has 0 saturated carbocycles. The minimum absolute atomic E-state index is 0.180. The topological polar surface area (TPSA) is 64.7 Å². The average Bonchev–Trinajstić information content (AvgIpc) is 3.09. The summed E-state index contributed by atoms with van der Waals surface area (Å²) < 4.78 is 4.41. The molecule has 0 atom stereocenters. The summed E-state index contributed by atoms with van der Waals surface area (Å²) in [6.07, 6.45) is 8.61. The van der Waals surface area contributed by atoms with Crippen molar-refractivity contribution in [2.24, 2.45) is 7.05 Å². The molecule has 0 aliphatic heterocycles. The second kappa shape index (κ2) is 5.53. The van der Waals surface area contributed by atoms with Crippen LogP contribution in [0.1, 0.15) is 10.5 Å². The van der Waals surface area contributed by atoms with Crippen molar-refractivity contribution in [2.45, 2.75) is 0 Å². The fraction of sp³-hybridized carbons (Fsp3) is 0.0714. The van der Waals surface area contributed by atoms with Crippen LogP contribution in [-0.4, -0.2) is 25.0 Å². The molecule has 0 unspecified atom stereocenters. The van der Waals surface area contributed by atoms with E-state index in [-0.39, 0.29) is 5.91 Å². The van der Waals surface area contributed by atoms with Crippen LogP contribution in [0.4, 0.5) is 5.69 Å². The molecule has 0 aliphatic carbocycles. The summed E-state index contributed by atoms with van der Waals surface area (Å²) in [5.41, 5.74) is 1.21. The van der Waals surface area contributed by atoms with Crippen molar-refractivity contribution in [3.8, 4) is 5.82 Å². The SMILES string of the molecule is Cn1cc(Br)cc1C(=O)Nc1ccc(-n2ccnc2)nc1. The number of nitrogens with zero attached hydrogens (tertiary/aromatic N) is 4. The van der Waals surface area contributed by atoms with Gasteiger partial charge in [0.05, 0.1) is 11.9 Å².